The Hall–Kier alpha value is -1.10. The molecule has 1 fully saturated rings. The summed E-state index contributed by atoms with van der Waals surface area (Å²) in [5, 5.41) is 7.18. The molecule has 1 atom stereocenters. The van der Waals surface area contributed by atoms with Crippen LogP contribution >= 0.6 is 0 Å². The van der Waals surface area contributed by atoms with Crippen molar-refractivity contribution in [1.29, 1.82) is 0 Å². The first-order valence-corrected chi connectivity index (χ1v) is 6.15. The molecule has 0 bridgehead atoms. The summed E-state index contributed by atoms with van der Waals surface area (Å²) in [6, 6.07) is 0.461. The molecule has 2 heterocycles. The van der Waals surface area contributed by atoms with Crippen molar-refractivity contribution >= 4 is 6.01 Å². The molecule has 0 aliphatic carbocycles. The SMILES string of the molecule is CC(C)(C)Nc1nc(C2(C)CCCCO2)no1. The van der Waals surface area contributed by atoms with Gasteiger partial charge in [0.25, 0.3) is 0 Å². The van der Waals surface area contributed by atoms with Gasteiger partial charge in [0, 0.05) is 12.1 Å². The van der Waals surface area contributed by atoms with Crippen molar-refractivity contribution in [3.63, 3.8) is 0 Å². The molecule has 1 aliphatic heterocycles. The van der Waals surface area contributed by atoms with Crippen molar-refractivity contribution in [3.8, 4) is 0 Å². The summed E-state index contributed by atoms with van der Waals surface area (Å²) in [5.74, 6) is 0.643. The molecule has 1 aromatic heterocycles. The first-order chi connectivity index (χ1) is 7.89. The molecule has 0 aromatic carbocycles. The molecule has 0 spiro atoms. The molecule has 5 heteroatoms. The lowest BCUT2D eigenvalue weighted by Crippen LogP contribution is -2.31. The van der Waals surface area contributed by atoms with Gasteiger partial charge in [-0.2, -0.15) is 4.98 Å². The van der Waals surface area contributed by atoms with Gasteiger partial charge in [-0.1, -0.05) is 5.16 Å². The second kappa shape index (κ2) is 4.29. The van der Waals surface area contributed by atoms with Crippen molar-refractivity contribution < 1.29 is 9.26 Å². The third kappa shape index (κ3) is 2.97. The zero-order valence-electron chi connectivity index (χ0n) is 11.0. The van der Waals surface area contributed by atoms with E-state index in [-0.39, 0.29) is 11.1 Å². The predicted octanol–water partition coefficient (Wildman–Crippen LogP) is 2.70. The van der Waals surface area contributed by atoms with Gasteiger partial charge >= 0.3 is 6.01 Å². The molecule has 5 nitrogen and oxygen atoms in total. The highest BCUT2D eigenvalue weighted by Gasteiger charge is 2.35. The van der Waals surface area contributed by atoms with Crippen molar-refractivity contribution in [2.75, 3.05) is 11.9 Å². The molecule has 0 saturated carbocycles. The van der Waals surface area contributed by atoms with Gasteiger partial charge in [0.1, 0.15) is 5.60 Å². The monoisotopic (exact) mass is 239 g/mol. The zero-order valence-corrected chi connectivity index (χ0v) is 11.0. The smallest absolute Gasteiger partial charge is 0.321 e. The van der Waals surface area contributed by atoms with Crippen LogP contribution in [-0.4, -0.2) is 22.3 Å². The van der Waals surface area contributed by atoms with Crippen LogP contribution in [0.2, 0.25) is 0 Å². The number of rotatable bonds is 2. The van der Waals surface area contributed by atoms with Gasteiger partial charge in [-0.3, -0.25) is 0 Å². The van der Waals surface area contributed by atoms with Gasteiger partial charge in [0.2, 0.25) is 5.82 Å². The molecule has 96 valence electrons. The fourth-order valence-corrected chi connectivity index (χ4v) is 1.92. The molecule has 17 heavy (non-hydrogen) atoms. The maximum absolute atomic E-state index is 5.78. The van der Waals surface area contributed by atoms with Gasteiger partial charge in [0.15, 0.2) is 0 Å². The van der Waals surface area contributed by atoms with Crippen LogP contribution in [0, 0.1) is 0 Å². The highest BCUT2D eigenvalue weighted by atomic mass is 16.5. The first kappa shape index (κ1) is 12.4. The average Bonchev–Trinajstić information content (AvgIpc) is 2.65. The van der Waals surface area contributed by atoms with Crippen LogP contribution in [-0.2, 0) is 10.3 Å². The molecular weight excluding hydrogens is 218 g/mol. The van der Waals surface area contributed by atoms with E-state index < -0.39 is 0 Å². The third-order valence-corrected chi connectivity index (χ3v) is 2.85. The molecule has 1 N–H and O–H groups in total. The minimum atomic E-state index is -0.389. The zero-order chi connectivity index (χ0) is 12.5. The van der Waals surface area contributed by atoms with Gasteiger partial charge in [-0.05, 0) is 47.0 Å². The maximum Gasteiger partial charge on any atom is 0.321 e. The van der Waals surface area contributed by atoms with E-state index in [0.717, 1.165) is 25.9 Å². The Morgan fingerprint density at radius 3 is 2.65 bits per heavy atom. The summed E-state index contributed by atoms with van der Waals surface area (Å²) in [7, 11) is 0. The fraction of sp³-hybridized carbons (Fsp3) is 0.833. The number of ether oxygens (including phenoxy) is 1. The Balaban J connectivity index is 2.12. The van der Waals surface area contributed by atoms with Crippen LogP contribution in [0.15, 0.2) is 4.52 Å². The molecule has 0 amide bonds. The molecule has 1 aromatic rings. The number of nitrogens with zero attached hydrogens (tertiary/aromatic N) is 2. The Morgan fingerprint density at radius 1 is 1.29 bits per heavy atom. The van der Waals surface area contributed by atoms with Crippen molar-refractivity contribution in [1.82, 2.24) is 10.1 Å². The number of aromatic nitrogens is 2. The summed E-state index contributed by atoms with van der Waals surface area (Å²) in [4.78, 5) is 4.38. The van der Waals surface area contributed by atoms with Crippen molar-refractivity contribution in [2.45, 2.75) is 58.1 Å². The number of nitrogens with one attached hydrogen (secondary N) is 1. The fourth-order valence-electron chi connectivity index (χ4n) is 1.92. The Morgan fingerprint density at radius 2 is 2.06 bits per heavy atom. The van der Waals surface area contributed by atoms with E-state index >= 15 is 0 Å². The highest BCUT2D eigenvalue weighted by molar-refractivity contribution is 5.24. The van der Waals surface area contributed by atoms with Crippen LogP contribution in [0.5, 0.6) is 0 Å². The van der Waals surface area contributed by atoms with Crippen molar-refractivity contribution in [2.24, 2.45) is 0 Å². The third-order valence-electron chi connectivity index (χ3n) is 2.85. The van der Waals surface area contributed by atoms with E-state index in [4.69, 9.17) is 9.26 Å². The lowest BCUT2D eigenvalue weighted by Gasteiger charge is -2.30. The van der Waals surface area contributed by atoms with Crippen molar-refractivity contribution in [3.05, 3.63) is 5.82 Å². The molecule has 1 unspecified atom stereocenters. The summed E-state index contributed by atoms with van der Waals surface area (Å²) in [6.07, 6.45) is 3.20. The molecule has 1 saturated heterocycles. The second-order valence-corrected chi connectivity index (χ2v) is 5.83. The normalized spacial score (nSPS) is 25.9. The lowest BCUT2D eigenvalue weighted by molar-refractivity contribution is -0.0770. The minimum absolute atomic E-state index is 0.0852. The maximum atomic E-state index is 5.78. The first-order valence-electron chi connectivity index (χ1n) is 6.15. The van der Waals surface area contributed by atoms with Crippen LogP contribution < -0.4 is 5.32 Å². The molecule has 1 aliphatic rings. The molecular formula is C12H21N3O2. The quantitative estimate of drug-likeness (QED) is 0.859. The summed E-state index contributed by atoms with van der Waals surface area (Å²) in [5.41, 5.74) is -0.475. The van der Waals surface area contributed by atoms with Gasteiger partial charge < -0.3 is 14.6 Å². The van der Waals surface area contributed by atoms with E-state index in [1.54, 1.807) is 0 Å². The summed E-state index contributed by atoms with van der Waals surface area (Å²) < 4.78 is 11.0. The van der Waals surface area contributed by atoms with Gasteiger partial charge in [-0.25, -0.2) is 0 Å². The Kier molecular flexibility index (Phi) is 3.12. The number of hydrogen-bond donors (Lipinski definition) is 1. The number of anilines is 1. The van der Waals surface area contributed by atoms with Crippen LogP contribution in [0.25, 0.3) is 0 Å². The largest absolute Gasteiger partial charge is 0.367 e. The molecule has 0 radical (unpaired) electrons. The second-order valence-electron chi connectivity index (χ2n) is 5.83. The predicted molar refractivity (Wildman–Crippen MR) is 64.8 cm³/mol. The standard InChI is InChI=1S/C12H21N3O2/c1-11(2,3)14-10-13-9(15-17-10)12(4)7-5-6-8-16-12/h5-8H2,1-4H3,(H,13,14,15). The Bertz CT molecular complexity index is 375. The summed E-state index contributed by atoms with van der Waals surface area (Å²) >= 11 is 0. The molecule has 2 rings (SSSR count). The van der Waals surface area contributed by atoms with Crippen LogP contribution in [0.1, 0.15) is 52.8 Å². The highest BCUT2D eigenvalue weighted by Crippen LogP contribution is 2.33. The minimum Gasteiger partial charge on any atom is -0.367 e. The average molecular weight is 239 g/mol. The van der Waals surface area contributed by atoms with E-state index in [1.807, 2.05) is 6.92 Å². The Labute approximate surface area is 102 Å². The van der Waals surface area contributed by atoms with E-state index in [0.29, 0.717) is 11.8 Å². The number of hydrogen-bond acceptors (Lipinski definition) is 5. The van der Waals surface area contributed by atoms with Crippen LogP contribution in [0.4, 0.5) is 6.01 Å². The van der Waals surface area contributed by atoms with E-state index in [9.17, 15) is 0 Å². The lowest BCUT2D eigenvalue weighted by atomic mass is 9.95. The summed E-state index contributed by atoms with van der Waals surface area (Å²) in [6.45, 7) is 8.95. The van der Waals surface area contributed by atoms with Gasteiger partial charge in [0.05, 0.1) is 0 Å². The van der Waals surface area contributed by atoms with E-state index in [2.05, 4.69) is 36.2 Å². The van der Waals surface area contributed by atoms with E-state index in [1.165, 1.54) is 0 Å². The topological polar surface area (TPSA) is 60.2 Å². The van der Waals surface area contributed by atoms with Crippen LogP contribution in [0.3, 0.4) is 0 Å². The van der Waals surface area contributed by atoms with Gasteiger partial charge in [-0.15, -0.1) is 0 Å².